The van der Waals surface area contributed by atoms with Crippen molar-refractivity contribution in [2.45, 2.75) is 49.7 Å². The molecule has 0 radical (unpaired) electrons. The topological polar surface area (TPSA) is 90.5 Å². The Morgan fingerprint density at radius 1 is 1.03 bits per heavy atom. The van der Waals surface area contributed by atoms with Crippen LogP contribution in [0.2, 0.25) is 0 Å². The Balaban J connectivity index is 1.26. The van der Waals surface area contributed by atoms with Crippen LogP contribution in [0.15, 0.2) is 65.8 Å². The summed E-state index contributed by atoms with van der Waals surface area (Å²) in [6, 6.07) is 20.0. The van der Waals surface area contributed by atoms with Crippen molar-refractivity contribution in [1.82, 2.24) is 34.8 Å². The number of para-hydroxylation sites is 1. The molecule has 1 aliphatic carbocycles. The number of aryl methyl sites for hydroxylation is 1. The summed E-state index contributed by atoms with van der Waals surface area (Å²) in [5, 5.41) is 17.3. The molecular formula is C26H29N7OS. The van der Waals surface area contributed by atoms with Crippen LogP contribution in [0, 0.1) is 0 Å². The Bertz CT molecular complexity index is 1210. The molecule has 1 fully saturated rings. The molecule has 0 spiro atoms. The van der Waals surface area contributed by atoms with Crippen molar-refractivity contribution in [3.63, 3.8) is 0 Å². The number of hydrogen-bond donors (Lipinski definition) is 1. The quantitative estimate of drug-likeness (QED) is 0.271. The molecule has 0 aliphatic heterocycles. The van der Waals surface area contributed by atoms with Gasteiger partial charge < -0.3 is 9.88 Å². The number of hydrogen-bond acceptors (Lipinski definition) is 6. The first-order valence-electron chi connectivity index (χ1n) is 12.1. The Morgan fingerprint density at radius 2 is 1.74 bits per heavy atom. The highest BCUT2D eigenvalue weighted by molar-refractivity contribution is 7.98. The first-order chi connectivity index (χ1) is 17.2. The molecule has 1 N–H and O–H groups in total. The van der Waals surface area contributed by atoms with Crippen LogP contribution in [0.25, 0.3) is 17.1 Å². The zero-order valence-corrected chi connectivity index (χ0v) is 20.6. The van der Waals surface area contributed by atoms with Crippen LogP contribution in [-0.2, 0) is 6.42 Å². The summed E-state index contributed by atoms with van der Waals surface area (Å²) in [7, 11) is 0. The molecule has 1 aliphatic rings. The zero-order chi connectivity index (χ0) is 24.0. The van der Waals surface area contributed by atoms with Gasteiger partial charge in [0.05, 0.1) is 5.69 Å². The van der Waals surface area contributed by atoms with Gasteiger partial charge in [0, 0.05) is 24.6 Å². The van der Waals surface area contributed by atoms with Gasteiger partial charge in [0.25, 0.3) is 5.91 Å². The number of aromatic nitrogens is 6. The van der Waals surface area contributed by atoms with Gasteiger partial charge in [0.1, 0.15) is 5.82 Å². The lowest BCUT2D eigenvalue weighted by Crippen LogP contribution is -2.26. The number of nitrogens with zero attached hydrogens (tertiary/aromatic N) is 6. The van der Waals surface area contributed by atoms with Gasteiger partial charge in [-0.1, -0.05) is 73.1 Å². The average molecular weight is 488 g/mol. The van der Waals surface area contributed by atoms with Gasteiger partial charge in [-0.05, 0) is 37.7 Å². The van der Waals surface area contributed by atoms with E-state index in [2.05, 4.69) is 30.2 Å². The molecule has 8 nitrogen and oxygen atoms in total. The Kier molecular flexibility index (Phi) is 7.23. The Morgan fingerprint density at radius 3 is 2.46 bits per heavy atom. The van der Waals surface area contributed by atoms with Gasteiger partial charge in [-0.25, -0.2) is 9.67 Å². The van der Waals surface area contributed by atoms with E-state index >= 15 is 0 Å². The summed E-state index contributed by atoms with van der Waals surface area (Å²) in [5.41, 5.74) is 1.76. The van der Waals surface area contributed by atoms with Crippen molar-refractivity contribution in [2.75, 3.05) is 12.8 Å². The maximum atomic E-state index is 12.9. The zero-order valence-electron chi connectivity index (χ0n) is 19.8. The predicted octanol–water partition coefficient (Wildman–Crippen LogP) is 4.73. The van der Waals surface area contributed by atoms with Crippen LogP contribution < -0.4 is 5.32 Å². The first kappa shape index (κ1) is 23.3. The van der Waals surface area contributed by atoms with Crippen molar-refractivity contribution in [3.05, 3.63) is 72.3 Å². The standard InChI is InChI=1S/C26H29N7OS/c1-35-26-30-29-22(32(26)20-13-8-9-14-20)17-10-18-27-25(34)23-28-24(19-11-4-2-5-12-19)33(31-23)21-15-6-3-7-16-21/h2-7,11-12,15-16,20H,8-10,13-14,17-18H2,1H3,(H,27,34). The molecule has 4 aromatic rings. The fourth-order valence-corrected chi connectivity index (χ4v) is 5.18. The van der Waals surface area contributed by atoms with E-state index in [1.807, 2.05) is 66.9 Å². The monoisotopic (exact) mass is 487 g/mol. The lowest BCUT2D eigenvalue weighted by Gasteiger charge is -2.16. The molecule has 2 aromatic carbocycles. The third-order valence-corrected chi connectivity index (χ3v) is 6.96. The molecular weight excluding hydrogens is 458 g/mol. The summed E-state index contributed by atoms with van der Waals surface area (Å²) in [5.74, 6) is 1.52. The second-order valence-electron chi connectivity index (χ2n) is 8.64. The van der Waals surface area contributed by atoms with Gasteiger partial charge >= 0.3 is 0 Å². The van der Waals surface area contributed by atoms with E-state index in [4.69, 9.17) is 0 Å². The van der Waals surface area contributed by atoms with Gasteiger partial charge in [0.2, 0.25) is 5.82 Å². The van der Waals surface area contributed by atoms with E-state index in [1.54, 1.807) is 16.4 Å². The SMILES string of the molecule is CSc1nnc(CCCNC(=O)c2nc(-c3ccccc3)n(-c3ccccc3)n2)n1C1CCCC1. The molecule has 2 heterocycles. The lowest BCUT2D eigenvalue weighted by molar-refractivity contribution is 0.0943. The van der Waals surface area contributed by atoms with Crippen LogP contribution in [0.5, 0.6) is 0 Å². The summed E-state index contributed by atoms with van der Waals surface area (Å²) < 4.78 is 4.03. The number of amides is 1. The highest BCUT2D eigenvalue weighted by atomic mass is 32.2. The molecule has 2 aromatic heterocycles. The lowest BCUT2D eigenvalue weighted by atomic mass is 10.2. The normalized spacial score (nSPS) is 13.9. The Labute approximate surface area is 209 Å². The summed E-state index contributed by atoms with van der Waals surface area (Å²) in [6.07, 6.45) is 8.50. The van der Waals surface area contributed by atoms with E-state index in [0.29, 0.717) is 18.4 Å². The molecule has 0 bridgehead atoms. The van der Waals surface area contributed by atoms with Crippen molar-refractivity contribution in [2.24, 2.45) is 0 Å². The maximum absolute atomic E-state index is 12.9. The summed E-state index contributed by atoms with van der Waals surface area (Å²) >= 11 is 1.65. The molecule has 0 unspecified atom stereocenters. The minimum atomic E-state index is -0.279. The maximum Gasteiger partial charge on any atom is 0.290 e. The van der Waals surface area contributed by atoms with Crippen molar-refractivity contribution in [3.8, 4) is 17.1 Å². The minimum Gasteiger partial charge on any atom is -0.349 e. The van der Waals surface area contributed by atoms with Crippen LogP contribution >= 0.6 is 11.8 Å². The highest BCUT2D eigenvalue weighted by Crippen LogP contribution is 2.33. The summed E-state index contributed by atoms with van der Waals surface area (Å²) in [4.78, 5) is 17.5. The second kappa shape index (κ2) is 10.9. The molecule has 9 heteroatoms. The third kappa shape index (κ3) is 5.14. The number of benzene rings is 2. The average Bonchev–Trinajstić information content (AvgIpc) is 3.67. The molecule has 0 atom stereocenters. The van der Waals surface area contributed by atoms with Crippen LogP contribution in [0.1, 0.15) is 54.6 Å². The fraction of sp³-hybridized carbons (Fsp3) is 0.346. The van der Waals surface area contributed by atoms with Gasteiger partial charge in [0.15, 0.2) is 11.0 Å². The van der Waals surface area contributed by atoms with E-state index < -0.39 is 0 Å². The molecule has 5 rings (SSSR count). The second-order valence-corrected chi connectivity index (χ2v) is 9.42. The van der Waals surface area contributed by atoms with Crippen LogP contribution in [0.3, 0.4) is 0 Å². The summed E-state index contributed by atoms with van der Waals surface area (Å²) in [6.45, 7) is 0.519. The number of nitrogens with one attached hydrogen (secondary N) is 1. The van der Waals surface area contributed by atoms with Gasteiger partial charge in [-0.15, -0.1) is 15.3 Å². The van der Waals surface area contributed by atoms with E-state index in [-0.39, 0.29) is 11.7 Å². The van der Waals surface area contributed by atoms with Crippen LogP contribution in [0.4, 0.5) is 0 Å². The van der Waals surface area contributed by atoms with Crippen LogP contribution in [-0.4, -0.2) is 48.2 Å². The number of carbonyl (C=O) groups excluding carboxylic acids is 1. The number of thioether (sulfide) groups is 1. The van der Waals surface area contributed by atoms with Crippen molar-refractivity contribution < 1.29 is 4.79 Å². The van der Waals surface area contributed by atoms with E-state index in [9.17, 15) is 4.79 Å². The first-order valence-corrected chi connectivity index (χ1v) is 13.3. The number of carbonyl (C=O) groups is 1. The Hall–Kier alpha value is -3.46. The molecule has 35 heavy (non-hydrogen) atoms. The minimum absolute atomic E-state index is 0.159. The van der Waals surface area contributed by atoms with E-state index in [1.165, 1.54) is 25.7 Å². The van der Waals surface area contributed by atoms with Gasteiger partial charge in [-0.2, -0.15) is 0 Å². The molecule has 1 amide bonds. The molecule has 0 saturated heterocycles. The highest BCUT2D eigenvalue weighted by Gasteiger charge is 2.23. The fourth-order valence-electron chi connectivity index (χ4n) is 4.61. The number of rotatable bonds is 9. The largest absolute Gasteiger partial charge is 0.349 e. The smallest absolute Gasteiger partial charge is 0.290 e. The van der Waals surface area contributed by atoms with Crippen molar-refractivity contribution in [1.29, 1.82) is 0 Å². The van der Waals surface area contributed by atoms with Gasteiger partial charge in [-0.3, -0.25) is 4.79 Å². The molecule has 1 saturated carbocycles. The predicted molar refractivity (Wildman–Crippen MR) is 137 cm³/mol. The van der Waals surface area contributed by atoms with Crippen molar-refractivity contribution >= 4 is 17.7 Å². The molecule has 180 valence electrons. The van der Waals surface area contributed by atoms with E-state index in [0.717, 1.165) is 35.1 Å². The third-order valence-electron chi connectivity index (χ3n) is 6.31.